The van der Waals surface area contributed by atoms with Crippen molar-refractivity contribution in [1.29, 1.82) is 0 Å². The van der Waals surface area contributed by atoms with Crippen LogP contribution in [0.15, 0.2) is 82.6 Å². The minimum Gasteiger partial charge on any atom is -0.228 e. The van der Waals surface area contributed by atoms with E-state index in [-0.39, 0.29) is 4.90 Å². The number of para-hydroxylation sites is 2. The van der Waals surface area contributed by atoms with E-state index in [0.717, 1.165) is 5.56 Å². The molecule has 1 heterocycles. The molecule has 0 radical (unpaired) electrons. The molecule has 6 heteroatoms. The van der Waals surface area contributed by atoms with Crippen LogP contribution in [0.5, 0.6) is 0 Å². The van der Waals surface area contributed by atoms with Crippen LogP contribution in [-0.4, -0.2) is 23.6 Å². The molecule has 4 nitrogen and oxygen atoms in total. The molecule has 174 valence electrons. The second-order valence-electron chi connectivity index (χ2n) is 8.74. The summed E-state index contributed by atoms with van der Waals surface area (Å²) >= 11 is 1.69. The standard InChI is InChI=1S/C28H28N2O2S2/c1-33-24-16-11-21(12-17-24)13-20-28-29-26-9-5-6-10-27(26)30(28)34(31,32)25-18-14-23(15-19-25)22-7-3-2-4-8-22/h5-6,9-20,22H,2-4,7-8H2,1H3. The molecule has 0 amide bonds. The van der Waals surface area contributed by atoms with Crippen LogP contribution in [0.3, 0.4) is 0 Å². The number of rotatable bonds is 6. The van der Waals surface area contributed by atoms with Gasteiger partial charge in [-0.15, -0.1) is 11.8 Å². The fourth-order valence-electron chi connectivity index (χ4n) is 4.72. The topological polar surface area (TPSA) is 52.0 Å². The third kappa shape index (κ3) is 4.57. The Morgan fingerprint density at radius 3 is 2.29 bits per heavy atom. The first-order valence-corrected chi connectivity index (χ1v) is 14.4. The van der Waals surface area contributed by atoms with Crippen molar-refractivity contribution in [1.82, 2.24) is 8.96 Å². The summed E-state index contributed by atoms with van der Waals surface area (Å²) in [5, 5.41) is 0. The van der Waals surface area contributed by atoms with Gasteiger partial charge in [0.25, 0.3) is 10.0 Å². The molecule has 1 aliphatic rings. The highest BCUT2D eigenvalue weighted by Crippen LogP contribution is 2.33. The van der Waals surface area contributed by atoms with Crippen molar-refractivity contribution in [3.8, 4) is 0 Å². The van der Waals surface area contributed by atoms with Crippen molar-refractivity contribution in [2.45, 2.75) is 47.8 Å². The molecule has 0 aliphatic heterocycles. The van der Waals surface area contributed by atoms with Gasteiger partial charge >= 0.3 is 0 Å². The Labute approximate surface area is 205 Å². The molecule has 34 heavy (non-hydrogen) atoms. The first kappa shape index (κ1) is 22.9. The fourth-order valence-corrected chi connectivity index (χ4v) is 6.58. The molecule has 0 spiro atoms. The predicted molar refractivity (Wildman–Crippen MR) is 142 cm³/mol. The van der Waals surface area contributed by atoms with Crippen molar-refractivity contribution >= 4 is 45.0 Å². The SMILES string of the molecule is CSc1ccc(C=Cc2nc3ccccc3n2S(=O)(=O)c2ccc(C3CCCCC3)cc2)cc1. The van der Waals surface area contributed by atoms with Gasteiger partial charge in [-0.05, 0) is 78.6 Å². The largest absolute Gasteiger partial charge is 0.269 e. The minimum atomic E-state index is -3.82. The summed E-state index contributed by atoms with van der Waals surface area (Å²) in [6.45, 7) is 0. The zero-order chi connectivity index (χ0) is 23.5. The van der Waals surface area contributed by atoms with Gasteiger partial charge in [-0.25, -0.2) is 17.4 Å². The Hall–Kier alpha value is -2.83. The molecule has 5 rings (SSSR count). The first-order valence-electron chi connectivity index (χ1n) is 11.7. The number of thioether (sulfide) groups is 1. The molecule has 1 aromatic heterocycles. The summed E-state index contributed by atoms with van der Waals surface area (Å²) in [4.78, 5) is 6.11. The first-order chi connectivity index (χ1) is 16.6. The molecule has 0 atom stereocenters. The lowest BCUT2D eigenvalue weighted by molar-refractivity contribution is 0.443. The fraction of sp³-hybridized carbons (Fsp3) is 0.250. The van der Waals surface area contributed by atoms with Gasteiger partial charge in [0, 0.05) is 4.90 Å². The Bertz CT molecular complexity index is 1410. The molecular weight excluding hydrogens is 460 g/mol. The van der Waals surface area contributed by atoms with Crippen LogP contribution in [0.4, 0.5) is 0 Å². The zero-order valence-electron chi connectivity index (χ0n) is 19.2. The Morgan fingerprint density at radius 2 is 1.59 bits per heavy atom. The molecule has 0 saturated heterocycles. The summed E-state index contributed by atoms with van der Waals surface area (Å²) in [7, 11) is -3.82. The number of nitrogens with zero attached hydrogens (tertiary/aromatic N) is 2. The van der Waals surface area contributed by atoms with Crippen LogP contribution >= 0.6 is 11.8 Å². The van der Waals surface area contributed by atoms with Gasteiger partial charge in [0.15, 0.2) is 0 Å². The average Bonchev–Trinajstić information content (AvgIpc) is 3.28. The molecular formula is C28H28N2O2S2. The monoisotopic (exact) mass is 488 g/mol. The van der Waals surface area contributed by atoms with Gasteiger partial charge in [-0.3, -0.25) is 0 Å². The van der Waals surface area contributed by atoms with E-state index in [2.05, 4.69) is 17.1 Å². The van der Waals surface area contributed by atoms with Crippen molar-refractivity contribution in [3.63, 3.8) is 0 Å². The maximum Gasteiger partial charge on any atom is 0.269 e. The smallest absolute Gasteiger partial charge is 0.228 e. The van der Waals surface area contributed by atoms with Crippen LogP contribution in [0.1, 0.15) is 55.0 Å². The van der Waals surface area contributed by atoms with Gasteiger partial charge in [-0.1, -0.05) is 61.7 Å². The van der Waals surface area contributed by atoms with E-state index in [0.29, 0.717) is 22.8 Å². The number of fused-ring (bicyclic) bond motifs is 1. The summed E-state index contributed by atoms with van der Waals surface area (Å²) in [6, 6.07) is 23.0. The molecule has 0 N–H and O–H groups in total. The second-order valence-corrected chi connectivity index (χ2v) is 11.4. The van der Waals surface area contributed by atoms with Crippen molar-refractivity contribution < 1.29 is 8.42 Å². The zero-order valence-corrected chi connectivity index (χ0v) is 20.9. The third-order valence-electron chi connectivity index (χ3n) is 6.58. The van der Waals surface area contributed by atoms with Gasteiger partial charge in [-0.2, -0.15) is 0 Å². The Kier molecular flexibility index (Phi) is 6.61. The lowest BCUT2D eigenvalue weighted by Crippen LogP contribution is -2.15. The number of hydrogen-bond donors (Lipinski definition) is 0. The predicted octanol–water partition coefficient (Wildman–Crippen LogP) is 7.21. The molecule has 3 aromatic carbocycles. The van der Waals surface area contributed by atoms with Crippen LogP contribution in [0.25, 0.3) is 23.2 Å². The van der Waals surface area contributed by atoms with E-state index in [9.17, 15) is 8.42 Å². The van der Waals surface area contributed by atoms with E-state index < -0.39 is 10.0 Å². The molecule has 1 saturated carbocycles. The summed E-state index contributed by atoms with van der Waals surface area (Å²) in [5.74, 6) is 0.932. The number of benzene rings is 3. The Morgan fingerprint density at radius 1 is 0.882 bits per heavy atom. The maximum absolute atomic E-state index is 13.8. The van der Waals surface area contributed by atoms with Crippen molar-refractivity contribution in [2.24, 2.45) is 0 Å². The highest BCUT2D eigenvalue weighted by atomic mass is 32.2. The molecule has 0 bridgehead atoms. The Balaban J connectivity index is 1.53. The van der Waals surface area contributed by atoms with Gasteiger partial charge < -0.3 is 0 Å². The van der Waals surface area contributed by atoms with E-state index >= 15 is 0 Å². The summed E-state index contributed by atoms with van der Waals surface area (Å²) in [5.41, 5.74) is 3.46. The summed E-state index contributed by atoms with van der Waals surface area (Å²) in [6.07, 6.45) is 11.9. The van der Waals surface area contributed by atoms with Gasteiger partial charge in [0.2, 0.25) is 0 Å². The van der Waals surface area contributed by atoms with Gasteiger partial charge in [0.1, 0.15) is 5.82 Å². The van der Waals surface area contributed by atoms with Gasteiger partial charge in [0.05, 0.1) is 15.9 Å². The van der Waals surface area contributed by atoms with E-state index in [1.807, 2.05) is 54.8 Å². The van der Waals surface area contributed by atoms with Crippen LogP contribution < -0.4 is 0 Å². The van der Waals surface area contributed by atoms with Crippen LogP contribution in [-0.2, 0) is 10.0 Å². The summed E-state index contributed by atoms with van der Waals surface area (Å²) < 4.78 is 29.0. The highest BCUT2D eigenvalue weighted by Gasteiger charge is 2.24. The second kappa shape index (κ2) is 9.80. The molecule has 0 unspecified atom stereocenters. The lowest BCUT2D eigenvalue weighted by atomic mass is 9.84. The normalized spacial score (nSPS) is 15.3. The number of aromatic nitrogens is 2. The highest BCUT2D eigenvalue weighted by molar-refractivity contribution is 7.98. The van der Waals surface area contributed by atoms with E-state index in [1.165, 1.54) is 46.5 Å². The molecule has 4 aromatic rings. The molecule has 1 fully saturated rings. The van der Waals surface area contributed by atoms with E-state index in [4.69, 9.17) is 0 Å². The number of imidazole rings is 1. The third-order valence-corrected chi connectivity index (χ3v) is 9.06. The van der Waals surface area contributed by atoms with Crippen molar-refractivity contribution in [2.75, 3.05) is 6.26 Å². The lowest BCUT2D eigenvalue weighted by Gasteiger charge is -2.22. The minimum absolute atomic E-state index is 0.286. The average molecular weight is 489 g/mol. The van der Waals surface area contributed by atoms with Crippen LogP contribution in [0, 0.1) is 0 Å². The quantitative estimate of drug-likeness (QED) is 0.269. The van der Waals surface area contributed by atoms with E-state index in [1.54, 1.807) is 36.0 Å². The maximum atomic E-state index is 13.8. The number of hydrogen-bond acceptors (Lipinski definition) is 4. The van der Waals surface area contributed by atoms with Crippen LogP contribution in [0.2, 0.25) is 0 Å². The molecule has 1 aliphatic carbocycles. The van der Waals surface area contributed by atoms with Crippen molar-refractivity contribution in [3.05, 3.63) is 89.7 Å².